The number of hydrogen-bond donors (Lipinski definition) is 1. The van der Waals surface area contributed by atoms with Crippen LogP contribution in [0.4, 0.5) is 10.1 Å². The molecule has 0 aliphatic carbocycles. The first-order valence-corrected chi connectivity index (χ1v) is 9.90. The van der Waals surface area contributed by atoms with E-state index in [0.29, 0.717) is 12.5 Å². The van der Waals surface area contributed by atoms with Gasteiger partial charge in [-0.1, -0.05) is 0 Å². The Hall–Kier alpha value is -2.14. The number of nitrogens with one attached hydrogen (secondary N) is 1. The fraction of sp³-hybridized carbons (Fsp3) is 0.500. The van der Waals surface area contributed by atoms with E-state index in [2.05, 4.69) is 48.1 Å². The number of fused-ring (bicyclic) bond motifs is 1. The van der Waals surface area contributed by atoms with Crippen LogP contribution in [0.25, 0.3) is 0 Å². The summed E-state index contributed by atoms with van der Waals surface area (Å²) < 4.78 is 20.5. The van der Waals surface area contributed by atoms with Crippen molar-refractivity contribution in [3.8, 4) is 5.75 Å². The van der Waals surface area contributed by atoms with Crippen molar-refractivity contribution in [1.29, 1.82) is 0 Å². The number of rotatable bonds is 3. The summed E-state index contributed by atoms with van der Waals surface area (Å²) >= 11 is 0. The van der Waals surface area contributed by atoms with Gasteiger partial charge in [0.25, 0.3) is 0 Å². The van der Waals surface area contributed by atoms with Gasteiger partial charge in [-0.15, -0.1) is 0 Å². The Kier molecular flexibility index (Phi) is 5.04. The monoisotopic (exact) mass is 369 g/mol. The predicted octanol–water partition coefficient (Wildman–Crippen LogP) is 4.58. The van der Waals surface area contributed by atoms with Gasteiger partial charge < -0.3 is 10.1 Å². The van der Waals surface area contributed by atoms with Crippen molar-refractivity contribution >= 4 is 5.69 Å². The van der Waals surface area contributed by atoms with Gasteiger partial charge in [0, 0.05) is 42.1 Å². The molecule has 1 aromatic heterocycles. The van der Waals surface area contributed by atoms with E-state index in [-0.39, 0.29) is 11.9 Å². The summed E-state index contributed by atoms with van der Waals surface area (Å²) in [6.07, 6.45) is 2.30. The quantitative estimate of drug-likeness (QED) is 0.859. The zero-order valence-corrected chi connectivity index (χ0v) is 16.4. The van der Waals surface area contributed by atoms with Crippen molar-refractivity contribution in [2.24, 2.45) is 0 Å². The third-order valence-electron chi connectivity index (χ3n) is 5.80. The molecule has 1 fully saturated rings. The molecule has 2 atom stereocenters. The van der Waals surface area contributed by atoms with E-state index in [0.717, 1.165) is 54.4 Å². The van der Waals surface area contributed by atoms with Gasteiger partial charge in [-0.05, 0) is 69.8 Å². The maximum atomic E-state index is 14.8. The van der Waals surface area contributed by atoms with E-state index in [1.165, 1.54) is 12.0 Å². The van der Waals surface area contributed by atoms with Crippen molar-refractivity contribution in [1.82, 2.24) is 9.88 Å². The molecule has 5 heteroatoms. The second-order valence-electron chi connectivity index (χ2n) is 7.84. The Labute approximate surface area is 160 Å². The van der Waals surface area contributed by atoms with Crippen LogP contribution in [0.3, 0.4) is 0 Å². The first kappa shape index (κ1) is 18.2. The van der Waals surface area contributed by atoms with Crippen molar-refractivity contribution in [3.05, 3.63) is 52.6 Å². The molecule has 4 nitrogen and oxygen atoms in total. The second-order valence-corrected chi connectivity index (χ2v) is 7.84. The summed E-state index contributed by atoms with van der Waals surface area (Å²) in [6.45, 7) is 9.49. The van der Waals surface area contributed by atoms with Gasteiger partial charge in [0.05, 0.1) is 5.69 Å². The summed E-state index contributed by atoms with van der Waals surface area (Å²) in [4.78, 5) is 6.90. The van der Waals surface area contributed by atoms with Crippen LogP contribution in [0.1, 0.15) is 54.2 Å². The van der Waals surface area contributed by atoms with Crippen LogP contribution in [0.2, 0.25) is 0 Å². The molecule has 0 radical (unpaired) electrons. The average molecular weight is 369 g/mol. The zero-order chi connectivity index (χ0) is 19.0. The minimum absolute atomic E-state index is 0.0210. The summed E-state index contributed by atoms with van der Waals surface area (Å²) in [5.41, 5.74) is 4.98. The van der Waals surface area contributed by atoms with Crippen molar-refractivity contribution in [3.63, 3.8) is 0 Å². The predicted molar refractivity (Wildman–Crippen MR) is 106 cm³/mol. The number of likely N-dealkylation sites (tertiary alicyclic amines) is 1. The summed E-state index contributed by atoms with van der Waals surface area (Å²) in [5, 5.41) is 3.20. The third-order valence-corrected chi connectivity index (χ3v) is 5.80. The second kappa shape index (κ2) is 7.47. The number of halogens is 1. The largest absolute Gasteiger partial charge is 0.490 e. The van der Waals surface area contributed by atoms with E-state index in [4.69, 9.17) is 4.74 Å². The number of pyridine rings is 1. The molecular weight excluding hydrogens is 341 g/mol. The molecule has 0 bridgehead atoms. The zero-order valence-electron chi connectivity index (χ0n) is 16.4. The number of benzene rings is 1. The topological polar surface area (TPSA) is 37.4 Å². The number of aromatic nitrogens is 1. The highest BCUT2D eigenvalue weighted by Crippen LogP contribution is 2.37. The molecule has 1 saturated heterocycles. The van der Waals surface area contributed by atoms with Crippen molar-refractivity contribution in [2.45, 2.75) is 45.6 Å². The van der Waals surface area contributed by atoms with Crippen LogP contribution >= 0.6 is 0 Å². The Bertz CT molecular complexity index is 818. The van der Waals surface area contributed by atoms with Gasteiger partial charge in [0.1, 0.15) is 18.2 Å². The maximum Gasteiger partial charge on any atom is 0.143 e. The number of aryl methyl sites for hydroxylation is 2. The summed E-state index contributed by atoms with van der Waals surface area (Å²) in [6, 6.07) is 7.88. The van der Waals surface area contributed by atoms with Gasteiger partial charge in [-0.3, -0.25) is 9.88 Å². The molecule has 0 amide bonds. The molecule has 3 heterocycles. The van der Waals surface area contributed by atoms with E-state index in [1.807, 2.05) is 6.07 Å². The highest BCUT2D eigenvalue weighted by atomic mass is 19.1. The fourth-order valence-electron chi connectivity index (χ4n) is 4.42. The van der Waals surface area contributed by atoms with Gasteiger partial charge in [-0.2, -0.15) is 0 Å². The molecule has 2 unspecified atom stereocenters. The number of ether oxygens (including phenoxy) is 1. The molecule has 2 aromatic rings. The SMILES string of the molecule is Cc1cc(C2CCCN(C(C)c3cc4c(cc3F)NCCO4)C2)cc(C)n1. The van der Waals surface area contributed by atoms with Crippen LogP contribution in [0, 0.1) is 19.7 Å². The van der Waals surface area contributed by atoms with E-state index in [9.17, 15) is 4.39 Å². The minimum Gasteiger partial charge on any atom is -0.490 e. The molecule has 1 aromatic carbocycles. The molecular formula is C22H28FN3O. The summed E-state index contributed by atoms with van der Waals surface area (Å²) in [7, 11) is 0. The third kappa shape index (κ3) is 3.79. The van der Waals surface area contributed by atoms with Crippen LogP contribution in [0.5, 0.6) is 5.75 Å². The van der Waals surface area contributed by atoms with Crippen molar-refractivity contribution in [2.75, 3.05) is 31.6 Å². The maximum absolute atomic E-state index is 14.8. The van der Waals surface area contributed by atoms with Crippen molar-refractivity contribution < 1.29 is 9.13 Å². The van der Waals surface area contributed by atoms with Crippen LogP contribution in [-0.2, 0) is 0 Å². The Morgan fingerprint density at radius 2 is 2.00 bits per heavy atom. The lowest BCUT2D eigenvalue weighted by Gasteiger charge is -2.37. The van der Waals surface area contributed by atoms with E-state index < -0.39 is 0 Å². The van der Waals surface area contributed by atoms with Crippen LogP contribution in [-0.4, -0.2) is 36.1 Å². The normalized spacial score (nSPS) is 21.1. The van der Waals surface area contributed by atoms with Gasteiger partial charge >= 0.3 is 0 Å². The lowest BCUT2D eigenvalue weighted by Crippen LogP contribution is -2.36. The van der Waals surface area contributed by atoms with Gasteiger partial charge in [0.15, 0.2) is 0 Å². The number of piperidine rings is 1. The lowest BCUT2D eigenvalue weighted by molar-refractivity contribution is 0.155. The lowest BCUT2D eigenvalue weighted by atomic mass is 9.89. The van der Waals surface area contributed by atoms with Gasteiger partial charge in [0.2, 0.25) is 0 Å². The molecule has 2 aliphatic heterocycles. The Morgan fingerprint density at radius 1 is 1.22 bits per heavy atom. The molecule has 0 spiro atoms. The number of anilines is 1. The highest BCUT2D eigenvalue weighted by molar-refractivity contribution is 5.59. The van der Waals surface area contributed by atoms with Crippen LogP contribution < -0.4 is 10.1 Å². The molecule has 27 heavy (non-hydrogen) atoms. The Balaban J connectivity index is 1.56. The van der Waals surface area contributed by atoms with E-state index in [1.54, 1.807) is 6.07 Å². The van der Waals surface area contributed by atoms with Gasteiger partial charge in [-0.25, -0.2) is 4.39 Å². The average Bonchev–Trinajstić information content (AvgIpc) is 2.66. The number of hydrogen-bond acceptors (Lipinski definition) is 4. The first-order valence-electron chi connectivity index (χ1n) is 9.90. The number of nitrogens with zero attached hydrogens (tertiary/aromatic N) is 2. The Morgan fingerprint density at radius 3 is 2.78 bits per heavy atom. The standard InChI is InChI=1S/C22H28FN3O/c1-14-9-18(10-15(2)25-14)17-5-4-7-26(13-17)16(3)19-11-22-21(12-20(19)23)24-6-8-27-22/h9-12,16-17,24H,4-8,13H2,1-3H3. The summed E-state index contributed by atoms with van der Waals surface area (Å²) in [5.74, 6) is 1.08. The molecule has 1 N–H and O–H groups in total. The first-order chi connectivity index (χ1) is 13.0. The fourth-order valence-corrected chi connectivity index (χ4v) is 4.42. The highest BCUT2D eigenvalue weighted by Gasteiger charge is 2.28. The smallest absolute Gasteiger partial charge is 0.143 e. The molecule has 0 saturated carbocycles. The molecule has 2 aliphatic rings. The molecule has 4 rings (SSSR count). The van der Waals surface area contributed by atoms with E-state index >= 15 is 0 Å². The van der Waals surface area contributed by atoms with Crippen LogP contribution in [0.15, 0.2) is 24.3 Å². The minimum atomic E-state index is -0.156. The molecule has 144 valence electrons.